The van der Waals surface area contributed by atoms with Gasteiger partial charge in [0.25, 0.3) is 0 Å². The van der Waals surface area contributed by atoms with Crippen LogP contribution in [0.4, 0.5) is 0 Å². The van der Waals surface area contributed by atoms with Crippen molar-refractivity contribution in [2.45, 2.75) is 52.7 Å². The van der Waals surface area contributed by atoms with Crippen LogP contribution in [0.3, 0.4) is 0 Å². The Kier molecular flexibility index (Phi) is 5.63. The Morgan fingerprint density at radius 2 is 1.77 bits per heavy atom. The van der Waals surface area contributed by atoms with Crippen molar-refractivity contribution >= 4 is 25.1 Å². The molecule has 6 nitrogen and oxygen atoms in total. The second-order valence-corrected chi connectivity index (χ2v) is 7.56. The zero-order valence-electron chi connectivity index (χ0n) is 16.2. The number of rotatable bonds is 5. The van der Waals surface area contributed by atoms with Crippen molar-refractivity contribution in [2.24, 2.45) is 0 Å². The Morgan fingerprint density at radius 3 is 2.27 bits per heavy atom. The van der Waals surface area contributed by atoms with Gasteiger partial charge in [0, 0.05) is 13.5 Å². The van der Waals surface area contributed by atoms with Gasteiger partial charge in [0.05, 0.1) is 16.8 Å². The molecule has 1 aromatic rings. The van der Waals surface area contributed by atoms with Crippen LogP contribution in [0.1, 0.15) is 56.1 Å². The van der Waals surface area contributed by atoms with Gasteiger partial charge in [-0.2, -0.15) is 0 Å². The number of hydrogen-bond donors (Lipinski definition) is 2. The third-order valence-corrected chi connectivity index (χ3v) is 4.98. The minimum absolute atomic E-state index is 0.185. The maximum atomic E-state index is 11.6. The van der Waals surface area contributed by atoms with Gasteiger partial charge >= 0.3 is 13.1 Å². The SMILES string of the molecule is CC(=O)NCC(=Cc1c(C)cccc1C(=O)O)B1OC(C)(C)C(C)(C)O1. The molecule has 0 spiro atoms. The minimum Gasteiger partial charge on any atom is -0.478 e. The van der Waals surface area contributed by atoms with Crippen molar-refractivity contribution in [2.75, 3.05) is 6.54 Å². The number of carbonyl (C=O) groups is 2. The van der Waals surface area contributed by atoms with Crippen LogP contribution in [-0.4, -0.2) is 41.8 Å². The number of carboxylic acid groups (broad SMARTS) is 1. The first kappa shape index (κ1) is 20.2. The molecule has 26 heavy (non-hydrogen) atoms. The molecule has 0 bridgehead atoms. The van der Waals surface area contributed by atoms with Gasteiger partial charge in [0.2, 0.25) is 5.91 Å². The molecule has 2 N–H and O–H groups in total. The van der Waals surface area contributed by atoms with Gasteiger partial charge < -0.3 is 19.7 Å². The Balaban J connectivity index is 2.49. The summed E-state index contributed by atoms with van der Waals surface area (Å²) in [7, 11) is -0.673. The van der Waals surface area contributed by atoms with Crippen molar-refractivity contribution in [3.63, 3.8) is 0 Å². The zero-order chi connectivity index (χ0) is 19.7. The normalized spacial score (nSPS) is 18.7. The molecular weight excluding hydrogens is 333 g/mol. The highest BCUT2D eigenvalue weighted by Crippen LogP contribution is 2.39. The number of carboxylic acids is 1. The Labute approximate surface area is 154 Å². The molecule has 0 aromatic heterocycles. The number of nitrogens with one attached hydrogen (secondary N) is 1. The molecule has 140 valence electrons. The topological polar surface area (TPSA) is 84.9 Å². The fourth-order valence-electron chi connectivity index (χ4n) is 2.67. The molecule has 0 radical (unpaired) electrons. The van der Waals surface area contributed by atoms with Gasteiger partial charge in [-0.25, -0.2) is 4.79 Å². The van der Waals surface area contributed by atoms with Crippen molar-refractivity contribution in [3.05, 3.63) is 40.4 Å². The molecule has 1 aliphatic heterocycles. The van der Waals surface area contributed by atoms with Crippen LogP contribution in [-0.2, 0) is 14.1 Å². The lowest BCUT2D eigenvalue weighted by atomic mass is 9.76. The lowest BCUT2D eigenvalue weighted by Crippen LogP contribution is -2.41. The number of benzene rings is 1. The highest BCUT2D eigenvalue weighted by atomic mass is 16.7. The quantitative estimate of drug-likeness (QED) is 0.790. The summed E-state index contributed by atoms with van der Waals surface area (Å²) in [4.78, 5) is 23.0. The fraction of sp³-hybridized carbons (Fsp3) is 0.474. The largest absolute Gasteiger partial charge is 0.492 e. The van der Waals surface area contributed by atoms with E-state index in [0.717, 1.165) is 5.56 Å². The highest BCUT2D eigenvalue weighted by Gasteiger charge is 2.52. The molecule has 1 saturated heterocycles. The summed E-state index contributed by atoms with van der Waals surface area (Å²) < 4.78 is 12.2. The van der Waals surface area contributed by atoms with Crippen LogP contribution < -0.4 is 5.32 Å². The number of aromatic carboxylic acids is 1. The molecule has 1 heterocycles. The summed E-state index contributed by atoms with van der Waals surface area (Å²) in [5.41, 5.74) is 1.19. The predicted molar refractivity (Wildman–Crippen MR) is 101 cm³/mol. The Hall–Kier alpha value is -2.12. The van der Waals surface area contributed by atoms with E-state index in [1.165, 1.54) is 6.92 Å². The molecule has 1 fully saturated rings. The van der Waals surface area contributed by atoms with Gasteiger partial charge in [0.15, 0.2) is 0 Å². The molecule has 0 unspecified atom stereocenters. The number of aryl methyl sites for hydroxylation is 1. The van der Waals surface area contributed by atoms with Gasteiger partial charge in [0.1, 0.15) is 0 Å². The van der Waals surface area contributed by atoms with E-state index in [4.69, 9.17) is 9.31 Å². The highest BCUT2D eigenvalue weighted by molar-refractivity contribution is 6.56. The van der Waals surface area contributed by atoms with E-state index in [1.54, 1.807) is 18.2 Å². The summed E-state index contributed by atoms with van der Waals surface area (Å²) in [5.74, 6) is -1.19. The first-order chi connectivity index (χ1) is 11.9. The predicted octanol–water partition coefficient (Wildman–Crippen LogP) is 2.84. The molecule has 2 rings (SSSR count). The van der Waals surface area contributed by atoms with Crippen molar-refractivity contribution in [1.29, 1.82) is 0 Å². The third kappa shape index (κ3) is 4.16. The lowest BCUT2D eigenvalue weighted by Gasteiger charge is -2.32. The maximum absolute atomic E-state index is 11.6. The molecule has 1 aromatic carbocycles. The zero-order valence-corrected chi connectivity index (χ0v) is 16.2. The van der Waals surface area contributed by atoms with E-state index in [9.17, 15) is 14.7 Å². The van der Waals surface area contributed by atoms with Crippen LogP contribution in [0.25, 0.3) is 6.08 Å². The van der Waals surface area contributed by atoms with E-state index < -0.39 is 24.3 Å². The summed E-state index contributed by atoms with van der Waals surface area (Å²) in [5, 5.41) is 12.2. The molecule has 7 heteroatoms. The summed E-state index contributed by atoms with van der Waals surface area (Å²) >= 11 is 0. The van der Waals surface area contributed by atoms with Crippen molar-refractivity contribution < 1.29 is 24.0 Å². The maximum Gasteiger partial charge on any atom is 0.492 e. The molecule has 1 amide bonds. The minimum atomic E-state index is -1.01. The van der Waals surface area contributed by atoms with Crippen molar-refractivity contribution in [1.82, 2.24) is 5.32 Å². The summed E-state index contributed by atoms with van der Waals surface area (Å²) in [6.07, 6.45) is 1.75. The molecular formula is C19H26BNO5. The summed E-state index contributed by atoms with van der Waals surface area (Å²) in [6, 6.07) is 5.11. The second-order valence-electron chi connectivity index (χ2n) is 7.56. The average molecular weight is 359 g/mol. The van der Waals surface area contributed by atoms with Crippen LogP contribution in [0.15, 0.2) is 23.7 Å². The fourth-order valence-corrected chi connectivity index (χ4v) is 2.67. The van der Waals surface area contributed by atoms with E-state index >= 15 is 0 Å². The van der Waals surface area contributed by atoms with Gasteiger partial charge in [-0.15, -0.1) is 0 Å². The molecule has 0 saturated carbocycles. The van der Waals surface area contributed by atoms with Crippen molar-refractivity contribution in [3.8, 4) is 0 Å². The third-order valence-electron chi connectivity index (χ3n) is 4.98. The van der Waals surface area contributed by atoms with E-state index in [-0.39, 0.29) is 18.0 Å². The van der Waals surface area contributed by atoms with Gasteiger partial charge in [-0.1, -0.05) is 18.2 Å². The Morgan fingerprint density at radius 1 is 1.19 bits per heavy atom. The smallest absolute Gasteiger partial charge is 0.478 e. The molecule has 1 aliphatic rings. The first-order valence-electron chi connectivity index (χ1n) is 8.58. The second kappa shape index (κ2) is 7.25. The van der Waals surface area contributed by atoms with E-state index in [1.807, 2.05) is 40.7 Å². The van der Waals surface area contributed by atoms with Crippen LogP contribution in [0.5, 0.6) is 0 Å². The van der Waals surface area contributed by atoms with Crippen LogP contribution in [0, 0.1) is 6.92 Å². The lowest BCUT2D eigenvalue weighted by molar-refractivity contribution is -0.118. The number of hydrogen-bond acceptors (Lipinski definition) is 4. The average Bonchev–Trinajstić information content (AvgIpc) is 2.72. The molecule has 0 atom stereocenters. The van der Waals surface area contributed by atoms with E-state index in [0.29, 0.717) is 11.0 Å². The standard InChI is InChI=1S/C19H26BNO5/c1-12-8-7-9-15(17(23)24)16(12)10-14(11-21-13(2)22)20-25-18(3,4)19(5,6)26-20/h7-10H,11H2,1-6H3,(H,21,22)(H,23,24). The van der Waals surface area contributed by atoms with Crippen LogP contribution >= 0.6 is 0 Å². The Bertz CT molecular complexity index is 738. The number of amides is 1. The van der Waals surface area contributed by atoms with E-state index in [2.05, 4.69) is 5.32 Å². The molecule has 0 aliphatic carbocycles. The number of carbonyl (C=O) groups excluding carboxylic acids is 1. The first-order valence-corrected chi connectivity index (χ1v) is 8.58. The monoisotopic (exact) mass is 359 g/mol. The van der Waals surface area contributed by atoms with Crippen LogP contribution in [0.2, 0.25) is 0 Å². The van der Waals surface area contributed by atoms with Gasteiger partial charge in [-0.3, -0.25) is 4.79 Å². The van der Waals surface area contributed by atoms with Gasteiger partial charge in [-0.05, 0) is 57.3 Å². The summed E-state index contributed by atoms with van der Waals surface area (Å²) in [6.45, 7) is 11.3.